The smallest absolute Gasteiger partial charge is 0.318 e. The molecular formula is C21H23N3O3. The van der Waals surface area contributed by atoms with Gasteiger partial charge in [-0.25, -0.2) is 4.79 Å². The van der Waals surface area contributed by atoms with Crippen LogP contribution < -0.4 is 10.2 Å². The fraction of sp³-hybridized carbons (Fsp3) is 0.333. The van der Waals surface area contributed by atoms with Crippen molar-refractivity contribution in [1.82, 2.24) is 10.2 Å². The highest BCUT2D eigenvalue weighted by Crippen LogP contribution is 2.29. The Morgan fingerprint density at radius 1 is 1.15 bits per heavy atom. The Kier molecular flexibility index (Phi) is 4.71. The van der Waals surface area contributed by atoms with Gasteiger partial charge in [-0.15, -0.1) is 0 Å². The Bertz CT molecular complexity index is 836. The van der Waals surface area contributed by atoms with E-state index in [1.165, 1.54) is 0 Å². The van der Waals surface area contributed by atoms with Crippen LogP contribution in [0.3, 0.4) is 0 Å². The monoisotopic (exact) mass is 365 g/mol. The summed E-state index contributed by atoms with van der Waals surface area (Å²) in [6.45, 7) is 0.938. The number of benzene rings is 2. The summed E-state index contributed by atoms with van der Waals surface area (Å²) in [6.07, 6.45) is 2.29. The molecule has 27 heavy (non-hydrogen) atoms. The minimum atomic E-state index is -0.198. The van der Waals surface area contributed by atoms with E-state index in [-0.39, 0.29) is 29.8 Å². The predicted octanol–water partition coefficient (Wildman–Crippen LogP) is 2.87. The van der Waals surface area contributed by atoms with Crippen molar-refractivity contribution in [2.45, 2.75) is 37.9 Å². The number of nitrogens with zero attached hydrogens (tertiary/aromatic N) is 2. The molecule has 2 aromatic rings. The zero-order chi connectivity index (χ0) is 18.8. The van der Waals surface area contributed by atoms with Gasteiger partial charge in [-0.05, 0) is 42.7 Å². The van der Waals surface area contributed by atoms with Crippen LogP contribution in [0.15, 0.2) is 54.6 Å². The van der Waals surface area contributed by atoms with Crippen molar-refractivity contribution in [3.63, 3.8) is 0 Å². The molecule has 6 nitrogen and oxygen atoms in total. The first kappa shape index (κ1) is 17.4. The van der Waals surface area contributed by atoms with E-state index in [0.717, 1.165) is 24.1 Å². The zero-order valence-electron chi connectivity index (χ0n) is 15.0. The molecule has 2 fully saturated rings. The van der Waals surface area contributed by atoms with Crippen LogP contribution in [0.25, 0.3) is 0 Å². The summed E-state index contributed by atoms with van der Waals surface area (Å²) in [5.74, 6) is 0.223. The summed E-state index contributed by atoms with van der Waals surface area (Å²) in [6, 6.07) is 16.4. The number of phenols is 1. The van der Waals surface area contributed by atoms with E-state index < -0.39 is 0 Å². The molecule has 0 spiro atoms. The summed E-state index contributed by atoms with van der Waals surface area (Å²) < 4.78 is 0. The second kappa shape index (κ2) is 7.31. The average Bonchev–Trinajstić information content (AvgIpc) is 3.43. The van der Waals surface area contributed by atoms with Gasteiger partial charge < -0.3 is 20.2 Å². The van der Waals surface area contributed by atoms with Crippen molar-refractivity contribution in [3.8, 4) is 5.75 Å². The molecule has 1 saturated heterocycles. The molecule has 0 aromatic heterocycles. The van der Waals surface area contributed by atoms with Gasteiger partial charge in [0.15, 0.2) is 0 Å². The van der Waals surface area contributed by atoms with Gasteiger partial charge in [0.1, 0.15) is 5.75 Å². The molecular weight excluding hydrogens is 342 g/mol. The van der Waals surface area contributed by atoms with E-state index in [1.54, 1.807) is 23.1 Å². The molecule has 140 valence electrons. The maximum Gasteiger partial charge on any atom is 0.318 e. The van der Waals surface area contributed by atoms with Crippen molar-refractivity contribution in [2.24, 2.45) is 0 Å². The number of rotatable bonds is 5. The van der Waals surface area contributed by atoms with Crippen LogP contribution in [0.2, 0.25) is 0 Å². The van der Waals surface area contributed by atoms with E-state index >= 15 is 0 Å². The van der Waals surface area contributed by atoms with Gasteiger partial charge in [0.25, 0.3) is 0 Å². The Hall–Kier alpha value is -3.02. The summed E-state index contributed by atoms with van der Waals surface area (Å²) in [4.78, 5) is 28.7. The molecule has 3 amide bonds. The van der Waals surface area contributed by atoms with Crippen molar-refractivity contribution < 1.29 is 14.7 Å². The number of para-hydroxylation sites is 1. The number of amides is 3. The van der Waals surface area contributed by atoms with Crippen molar-refractivity contribution in [3.05, 3.63) is 60.2 Å². The summed E-state index contributed by atoms with van der Waals surface area (Å²) in [7, 11) is 0. The number of hydrogen-bond acceptors (Lipinski definition) is 3. The van der Waals surface area contributed by atoms with Gasteiger partial charge in [-0.3, -0.25) is 4.79 Å². The van der Waals surface area contributed by atoms with Gasteiger partial charge >= 0.3 is 6.03 Å². The molecule has 1 heterocycles. The van der Waals surface area contributed by atoms with Gasteiger partial charge in [0, 0.05) is 31.2 Å². The molecule has 0 bridgehead atoms. The predicted molar refractivity (Wildman–Crippen MR) is 102 cm³/mol. The fourth-order valence-electron chi connectivity index (χ4n) is 3.52. The molecule has 4 rings (SSSR count). The second-order valence-corrected chi connectivity index (χ2v) is 7.22. The highest BCUT2D eigenvalue weighted by molar-refractivity contribution is 5.96. The lowest BCUT2D eigenvalue weighted by atomic mass is 10.2. The van der Waals surface area contributed by atoms with Gasteiger partial charge in [-0.2, -0.15) is 0 Å². The van der Waals surface area contributed by atoms with Crippen molar-refractivity contribution in [2.75, 3.05) is 11.4 Å². The van der Waals surface area contributed by atoms with Crippen LogP contribution in [0, 0.1) is 0 Å². The average molecular weight is 365 g/mol. The highest BCUT2D eigenvalue weighted by atomic mass is 16.3. The lowest BCUT2D eigenvalue weighted by Gasteiger charge is -2.25. The third kappa shape index (κ3) is 4.05. The number of urea groups is 1. The topological polar surface area (TPSA) is 72.9 Å². The molecule has 2 N–H and O–H groups in total. The number of nitrogens with one attached hydrogen (secondary N) is 1. The Labute approximate surface area is 158 Å². The molecule has 1 aliphatic carbocycles. The Morgan fingerprint density at radius 2 is 1.93 bits per heavy atom. The molecule has 1 saturated carbocycles. The van der Waals surface area contributed by atoms with Crippen LogP contribution in [0.1, 0.15) is 24.8 Å². The quantitative estimate of drug-likeness (QED) is 0.856. The number of aromatic hydroxyl groups is 1. The summed E-state index contributed by atoms with van der Waals surface area (Å²) in [5.41, 5.74) is 1.75. The van der Waals surface area contributed by atoms with E-state index in [1.807, 2.05) is 41.3 Å². The second-order valence-electron chi connectivity index (χ2n) is 7.22. The molecule has 1 aliphatic heterocycles. The summed E-state index contributed by atoms with van der Waals surface area (Å²) >= 11 is 0. The van der Waals surface area contributed by atoms with E-state index in [4.69, 9.17) is 0 Å². The number of hydrogen-bond donors (Lipinski definition) is 2. The van der Waals surface area contributed by atoms with E-state index in [0.29, 0.717) is 19.5 Å². The third-order valence-corrected chi connectivity index (χ3v) is 5.03. The SMILES string of the molecule is O=C1C[C@H](NC(=O)N(Cc2cccc(O)c2)C2CC2)CN1c1ccccc1. The number of anilines is 1. The van der Waals surface area contributed by atoms with Gasteiger partial charge in [0.2, 0.25) is 5.91 Å². The van der Waals surface area contributed by atoms with E-state index in [2.05, 4.69) is 5.32 Å². The first-order valence-electron chi connectivity index (χ1n) is 9.30. The lowest BCUT2D eigenvalue weighted by molar-refractivity contribution is -0.117. The normalized spacial score (nSPS) is 19.2. The Morgan fingerprint density at radius 3 is 2.63 bits per heavy atom. The minimum absolute atomic E-state index is 0.0254. The van der Waals surface area contributed by atoms with Crippen molar-refractivity contribution in [1.29, 1.82) is 0 Å². The first-order valence-corrected chi connectivity index (χ1v) is 9.30. The number of phenolic OH excluding ortho intramolecular Hbond substituents is 1. The zero-order valence-corrected chi connectivity index (χ0v) is 15.0. The fourth-order valence-corrected chi connectivity index (χ4v) is 3.52. The van der Waals surface area contributed by atoms with Gasteiger partial charge in [-0.1, -0.05) is 30.3 Å². The molecule has 2 aromatic carbocycles. The minimum Gasteiger partial charge on any atom is -0.508 e. The van der Waals surface area contributed by atoms with E-state index in [9.17, 15) is 14.7 Å². The molecule has 1 atom stereocenters. The van der Waals surface area contributed by atoms with Crippen LogP contribution in [0.5, 0.6) is 5.75 Å². The highest BCUT2D eigenvalue weighted by Gasteiger charge is 2.36. The van der Waals surface area contributed by atoms with Crippen LogP contribution in [-0.2, 0) is 11.3 Å². The maximum atomic E-state index is 12.8. The largest absolute Gasteiger partial charge is 0.508 e. The molecule has 2 aliphatic rings. The molecule has 0 radical (unpaired) electrons. The Balaban J connectivity index is 1.41. The number of carbonyl (C=O) groups excluding carboxylic acids is 2. The maximum absolute atomic E-state index is 12.8. The van der Waals surface area contributed by atoms with Crippen LogP contribution in [-0.4, -0.2) is 40.6 Å². The van der Waals surface area contributed by atoms with Crippen LogP contribution >= 0.6 is 0 Å². The van der Waals surface area contributed by atoms with Gasteiger partial charge in [0.05, 0.1) is 6.04 Å². The standard InChI is InChI=1S/C21H23N3O3/c25-19-8-4-5-15(11-19)13-24(18-9-10-18)21(27)22-16-12-20(26)23(14-16)17-6-2-1-3-7-17/h1-8,11,16,18,25H,9-10,12-14H2,(H,22,27)/t16-/m0/s1. The van der Waals surface area contributed by atoms with Crippen molar-refractivity contribution >= 4 is 17.6 Å². The third-order valence-electron chi connectivity index (χ3n) is 5.03. The number of carbonyl (C=O) groups is 2. The first-order chi connectivity index (χ1) is 13.1. The lowest BCUT2D eigenvalue weighted by Crippen LogP contribution is -2.46. The molecule has 0 unspecified atom stereocenters. The molecule has 6 heteroatoms. The van der Waals surface area contributed by atoms with Crippen LogP contribution in [0.4, 0.5) is 10.5 Å². The summed E-state index contributed by atoms with van der Waals surface area (Å²) in [5, 5.41) is 12.7.